The molecule has 0 radical (unpaired) electrons. The van der Waals surface area contributed by atoms with Crippen LogP contribution in [0, 0.1) is 0 Å². The predicted octanol–water partition coefficient (Wildman–Crippen LogP) is 2.97. The maximum absolute atomic E-state index is 5.41. The molecule has 0 aliphatic heterocycles. The smallest absolute Gasteiger partial charge is 0.143 e. The molecule has 0 N–H and O–H groups in total. The lowest BCUT2D eigenvalue weighted by atomic mass is 10.2. The molecule has 3 heteroatoms. The summed E-state index contributed by atoms with van der Waals surface area (Å²) in [4.78, 5) is 4.05. The lowest BCUT2D eigenvalue weighted by Crippen LogP contribution is -1.89. The standard InChI is InChI=1S/C10H8BrNO/c11-7-13-10-3-1-2-8-6-12-5-4-9(8)10/h1-6H,7H2. The van der Waals surface area contributed by atoms with Gasteiger partial charge in [0.05, 0.1) is 0 Å². The number of alkyl halides is 1. The third kappa shape index (κ3) is 1.65. The van der Waals surface area contributed by atoms with E-state index >= 15 is 0 Å². The Kier molecular flexibility index (Phi) is 2.45. The molecule has 0 aliphatic rings. The van der Waals surface area contributed by atoms with Gasteiger partial charge < -0.3 is 4.74 Å². The Morgan fingerprint density at radius 1 is 1.31 bits per heavy atom. The first-order valence-corrected chi connectivity index (χ1v) is 5.05. The van der Waals surface area contributed by atoms with E-state index in [9.17, 15) is 0 Å². The monoisotopic (exact) mass is 237 g/mol. The van der Waals surface area contributed by atoms with Crippen molar-refractivity contribution in [2.24, 2.45) is 0 Å². The Hall–Kier alpha value is -1.09. The fourth-order valence-corrected chi connectivity index (χ4v) is 1.52. The van der Waals surface area contributed by atoms with Gasteiger partial charge in [-0.1, -0.05) is 12.1 Å². The number of pyridine rings is 1. The van der Waals surface area contributed by atoms with Gasteiger partial charge in [0.2, 0.25) is 0 Å². The molecule has 0 saturated carbocycles. The quantitative estimate of drug-likeness (QED) is 0.750. The normalized spacial score (nSPS) is 10.2. The molecule has 0 atom stereocenters. The summed E-state index contributed by atoms with van der Waals surface area (Å²) in [5, 5.41) is 2.19. The van der Waals surface area contributed by atoms with Crippen LogP contribution in [0.3, 0.4) is 0 Å². The van der Waals surface area contributed by atoms with Gasteiger partial charge in [-0.3, -0.25) is 4.98 Å². The topological polar surface area (TPSA) is 22.1 Å². The third-order valence-electron chi connectivity index (χ3n) is 1.85. The summed E-state index contributed by atoms with van der Waals surface area (Å²) in [6.45, 7) is 0. The Bertz CT molecular complexity index is 411. The molecule has 0 fully saturated rings. The number of benzene rings is 1. The van der Waals surface area contributed by atoms with Gasteiger partial charge in [-0.15, -0.1) is 0 Å². The minimum atomic E-state index is 0.508. The molecule has 13 heavy (non-hydrogen) atoms. The van der Waals surface area contributed by atoms with Crippen molar-refractivity contribution in [2.45, 2.75) is 0 Å². The van der Waals surface area contributed by atoms with Crippen molar-refractivity contribution in [3.05, 3.63) is 36.7 Å². The van der Waals surface area contributed by atoms with Crippen LogP contribution in [0.25, 0.3) is 10.8 Å². The predicted molar refractivity (Wildman–Crippen MR) is 56.2 cm³/mol. The zero-order chi connectivity index (χ0) is 9.10. The van der Waals surface area contributed by atoms with Crippen LogP contribution in [0.15, 0.2) is 36.7 Å². The van der Waals surface area contributed by atoms with Gasteiger partial charge >= 0.3 is 0 Å². The van der Waals surface area contributed by atoms with Crippen LogP contribution < -0.4 is 4.74 Å². The van der Waals surface area contributed by atoms with Gasteiger partial charge in [0, 0.05) is 23.2 Å². The minimum Gasteiger partial charge on any atom is -0.482 e. The van der Waals surface area contributed by atoms with Gasteiger partial charge in [-0.25, -0.2) is 0 Å². The first-order valence-electron chi connectivity index (χ1n) is 3.93. The molecule has 0 spiro atoms. The fourth-order valence-electron chi connectivity index (χ4n) is 1.28. The number of hydrogen-bond donors (Lipinski definition) is 0. The maximum atomic E-state index is 5.41. The summed E-state index contributed by atoms with van der Waals surface area (Å²) in [5.41, 5.74) is 0.508. The first-order chi connectivity index (χ1) is 6.42. The van der Waals surface area contributed by atoms with Gasteiger partial charge in [0.25, 0.3) is 0 Å². The molecule has 0 amide bonds. The molecule has 66 valence electrons. The molecule has 0 bridgehead atoms. The largest absolute Gasteiger partial charge is 0.482 e. The summed E-state index contributed by atoms with van der Waals surface area (Å²) in [7, 11) is 0. The lowest BCUT2D eigenvalue weighted by Gasteiger charge is -2.05. The van der Waals surface area contributed by atoms with E-state index in [2.05, 4.69) is 20.9 Å². The number of nitrogens with zero attached hydrogens (tertiary/aromatic N) is 1. The van der Waals surface area contributed by atoms with E-state index in [1.165, 1.54) is 0 Å². The Balaban J connectivity index is 2.61. The zero-order valence-corrected chi connectivity index (χ0v) is 8.49. The summed E-state index contributed by atoms with van der Waals surface area (Å²) in [5.74, 6) is 0.886. The van der Waals surface area contributed by atoms with E-state index in [1.807, 2.05) is 30.5 Å². The van der Waals surface area contributed by atoms with Gasteiger partial charge in [-0.05, 0) is 28.1 Å². The lowest BCUT2D eigenvalue weighted by molar-refractivity contribution is 0.403. The number of halogens is 1. The van der Waals surface area contributed by atoms with Crippen molar-refractivity contribution in [1.82, 2.24) is 4.98 Å². The summed E-state index contributed by atoms with van der Waals surface area (Å²) >= 11 is 3.23. The van der Waals surface area contributed by atoms with Crippen LogP contribution in [0.4, 0.5) is 0 Å². The third-order valence-corrected chi connectivity index (χ3v) is 2.08. The van der Waals surface area contributed by atoms with E-state index in [1.54, 1.807) is 6.20 Å². The number of rotatable bonds is 2. The Labute approximate surface area is 84.7 Å². The van der Waals surface area contributed by atoms with E-state index in [0.717, 1.165) is 16.5 Å². The van der Waals surface area contributed by atoms with Gasteiger partial charge in [0.1, 0.15) is 11.3 Å². The highest BCUT2D eigenvalue weighted by molar-refractivity contribution is 9.09. The summed E-state index contributed by atoms with van der Waals surface area (Å²) in [6.07, 6.45) is 3.60. The van der Waals surface area contributed by atoms with Crippen molar-refractivity contribution >= 4 is 26.7 Å². The van der Waals surface area contributed by atoms with Crippen LogP contribution in [-0.2, 0) is 0 Å². The van der Waals surface area contributed by atoms with Gasteiger partial charge in [-0.2, -0.15) is 0 Å². The number of ether oxygens (including phenoxy) is 1. The number of aromatic nitrogens is 1. The molecule has 1 aromatic heterocycles. The molecule has 0 unspecified atom stereocenters. The highest BCUT2D eigenvalue weighted by atomic mass is 79.9. The molecule has 0 aliphatic carbocycles. The van der Waals surface area contributed by atoms with Crippen LogP contribution in [-0.4, -0.2) is 10.5 Å². The maximum Gasteiger partial charge on any atom is 0.143 e. The molecule has 2 rings (SSSR count). The average Bonchev–Trinajstić information content (AvgIpc) is 2.19. The second-order valence-corrected chi connectivity index (χ2v) is 3.06. The minimum absolute atomic E-state index is 0.508. The van der Waals surface area contributed by atoms with Crippen LogP contribution >= 0.6 is 15.9 Å². The van der Waals surface area contributed by atoms with Crippen LogP contribution in [0.1, 0.15) is 0 Å². The first kappa shape index (κ1) is 8.51. The van der Waals surface area contributed by atoms with E-state index in [-0.39, 0.29) is 0 Å². The van der Waals surface area contributed by atoms with Crippen molar-refractivity contribution in [3.8, 4) is 5.75 Å². The second-order valence-electron chi connectivity index (χ2n) is 2.61. The fraction of sp³-hybridized carbons (Fsp3) is 0.100. The molecule has 1 heterocycles. The van der Waals surface area contributed by atoms with Crippen molar-refractivity contribution < 1.29 is 4.74 Å². The average molecular weight is 238 g/mol. The van der Waals surface area contributed by atoms with Crippen LogP contribution in [0.5, 0.6) is 5.75 Å². The van der Waals surface area contributed by atoms with Crippen molar-refractivity contribution in [3.63, 3.8) is 0 Å². The molecule has 2 nitrogen and oxygen atoms in total. The van der Waals surface area contributed by atoms with Crippen molar-refractivity contribution in [2.75, 3.05) is 5.52 Å². The number of fused-ring (bicyclic) bond motifs is 1. The molecule has 0 saturated heterocycles. The zero-order valence-electron chi connectivity index (χ0n) is 6.90. The van der Waals surface area contributed by atoms with E-state index < -0.39 is 0 Å². The van der Waals surface area contributed by atoms with Crippen molar-refractivity contribution in [1.29, 1.82) is 0 Å². The van der Waals surface area contributed by atoms with E-state index in [4.69, 9.17) is 4.74 Å². The molecular formula is C10H8BrNO. The van der Waals surface area contributed by atoms with Gasteiger partial charge in [0.15, 0.2) is 0 Å². The Morgan fingerprint density at radius 3 is 3.08 bits per heavy atom. The molecule has 1 aromatic carbocycles. The van der Waals surface area contributed by atoms with Crippen LogP contribution in [0.2, 0.25) is 0 Å². The number of hydrogen-bond acceptors (Lipinski definition) is 2. The second kappa shape index (κ2) is 3.75. The van der Waals surface area contributed by atoms with E-state index in [0.29, 0.717) is 5.52 Å². The molecular weight excluding hydrogens is 230 g/mol. The molecule has 2 aromatic rings. The highest BCUT2D eigenvalue weighted by Gasteiger charge is 1.99. The highest BCUT2D eigenvalue weighted by Crippen LogP contribution is 2.24. The summed E-state index contributed by atoms with van der Waals surface area (Å²) < 4.78 is 5.41. The summed E-state index contributed by atoms with van der Waals surface area (Å²) in [6, 6.07) is 7.88. The Morgan fingerprint density at radius 2 is 2.23 bits per heavy atom. The SMILES string of the molecule is BrCOc1cccc2cnccc12.